The van der Waals surface area contributed by atoms with Crippen molar-refractivity contribution < 1.29 is 4.79 Å². The molecule has 0 aliphatic heterocycles. The summed E-state index contributed by atoms with van der Waals surface area (Å²) in [6.07, 6.45) is 1.87. The van der Waals surface area contributed by atoms with Crippen LogP contribution >= 0.6 is 11.3 Å². The zero-order valence-corrected chi connectivity index (χ0v) is 13.6. The first kappa shape index (κ1) is 14.7. The highest BCUT2D eigenvalue weighted by molar-refractivity contribution is 7.10. The Kier molecular flexibility index (Phi) is 3.63. The van der Waals surface area contributed by atoms with Gasteiger partial charge in [0.15, 0.2) is 0 Å². The third-order valence-corrected chi connectivity index (χ3v) is 5.01. The van der Waals surface area contributed by atoms with Crippen molar-refractivity contribution in [3.05, 3.63) is 88.4 Å². The Bertz CT molecular complexity index is 987. The SMILES string of the molecule is NC(=O)c1ccc(C(c2cccs2)n2cnc3ccccc32)cc1. The minimum atomic E-state index is -0.415. The van der Waals surface area contributed by atoms with Crippen LogP contribution in [-0.2, 0) is 0 Å². The van der Waals surface area contributed by atoms with Crippen LogP contribution in [0.15, 0.2) is 72.4 Å². The van der Waals surface area contributed by atoms with Crippen LogP contribution in [0.1, 0.15) is 26.8 Å². The topological polar surface area (TPSA) is 60.9 Å². The molecule has 2 aromatic heterocycles. The molecule has 118 valence electrons. The molecule has 1 amide bonds. The number of nitrogens with zero attached hydrogens (tertiary/aromatic N) is 2. The highest BCUT2D eigenvalue weighted by Gasteiger charge is 2.19. The van der Waals surface area contributed by atoms with Gasteiger partial charge in [-0.25, -0.2) is 4.98 Å². The molecule has 0 aliphatic rings. The summed E-state index contributed by atoms with van der Waals surface area (Å²) in [5.74, 6) is -0.415. The Morgan fingerprint density at radius 1 is 1.04 bits per heavy atom. The molecule has 4 nitrogen and oxygen atoms in total. The molecule has 0 spiro atoms. The van der Waals surface area contributed by atoms with Crippen molar-refractivity contribution in [1.82, 2.24) is 9.55 Å². The summed E-state index contributed by atoms with van der Waals surface area (Å²) in [7, 11) is 0. The van der Waals surface area contributed by atoms with E-state index in [9.17, 15) is 4.79 Å². The van der Waals surface area contributed by atoms with Gasteiger partial charge in [-0.1, -0.05) is 30.3 Å². The lowest BCUT2D eigenvalue weighted by molar-refractivity contribution is 0.100. The van der Waals surface area contributed by atoms with E-state index in [1.807, 2.05) is 42.7 Å². The number of nitrogens with two attached hydrogens (primary N) is 1. The average molecular weight is 333 g/mol. The van der Waals surface area contributed by atoms with Crippen LogP contribution in [0.4, 0.5) is 0 Å². The summed E-state index contributed by atoms with van der Waals surface area (Å²) in [5.41, 5.74) is 9.00. The number of thiophene rings is 1. The van der Waals surface area contributed by atoms with Gasteiger partial charge in [-0.15, -0.1) is 11.3 Å². The predicted octanol–water partition coefficient (Wildman–Crippen LogP) is 3.83. The largest absolute Gasteiger partial charge is 0.366 e. The number of primary amides is 1. The zero-order valence-electron chi connectivity index (χ0n) is 12.8. The molecule has 2 aromatic carbocycles. The van der Waals surface area contributed by atoms with E-state index in [2.05, 4.69) is 27.1 Å². The Labute approximate surface area is 143 Å². The summed E-state index contributed by atoms with van der Waals surface area (Å²) in [6.45, 7) is 0. The van der Waals surface area contributed by atoms with Crippen LogP contribution in [0, 0.1) is 0 Å². The molecular formula is C19H15N3OS. The maximum absolute atomic E-state index is 11.3. The average Bonchev–Trinajstić information content (AvgIpc) is 3.27. The fourth-order valence-electron chi connectivity index (χ4n) is 2.92. The van der Waals surface area contributed by atoms with Crippen LogP contribution in [0.2, 0.25) is 0 Å². The van der Waals surface area contributed by atoms with Gasteiger partial charge < -0.3 is 10.3 Å². The molecule has 1 atom stereocenters. The second-order valence-electron chi connectivity index (χ2n) is 5.54. The molecule has 2 heterocycles. The minimum Gasteiger partial charge on any atom is -0.366 e. The Balaban J connectivity index is 1.88. The van der Waals surface area contributed by atoms with Gasteiger partial charge in [0, 0.05) is 10.4 Å². The van der Waals surface area contributed by atoms with Gasteiger partial charge in [-0.3, -0.25) is 4.79 Å². The number of amides is 1. The molecule has 4 aromatic rings. The smallest absolute Gasteiger partial charge is 0.248 e. The van der Waals surface area contributed by atoms with Crippen molar-refractivity contribution in [1.29, 1.82) is 0 Å². The van der Waals surface area contributed by atoms with E-state index in [0.29, 0.717) is 5.56 Å². The molecule has 0 radical (unpaired) electrons. The van der Waals surface area contributed by atoms with Crippen LogP contribution in [0.25, 0.3) is 11.0 Å². The summed E-state index contributed by atoms with van der Waals surface area (Å²) < 4.78 is 2.17. The molecule has 4 rings (SSSR count). The zero-order chi connectivity index (χ0) is 16.5. The van der Waals surface area contributed by atoms with Crippen LogP contribution in [-0.4, -0.2) is 15.5 Å². The van der Waals surface area contributed by atoms with E-state index in [1.54, 1.807) is 23.5 Å². The number of para-hydroxylation sites is 2. The summed E-state index contributed by atoms with van der Waals surface area (Å²) in [4.78, 5) is 17.1. The molecule has 0 saturated heterocycles. The molecule has 5 heteroatoms. The number of hydrogen-bond acceptors (Lipinski definition) is 3. The van der Waals surface area contributed by atoms with Crippen molar-refractivity contribution in [3.8, 4) is 0 Å². The Hall–Kier alpha value is -2.92. The molecule has 0 bridgehead atoms. The number of imidazole rings is 1. The van der Waals surface area contributed by atoms with Gasteiger partial charge >= 0.3 is 0 Å². The van der Waals surface area contributed by atoms with Gasteiger partial charge in [0.1, 0.15) is 0 Å². The summed E-state index contributed by atoms with van der Waals surface area (Å²) >= 11 is 1.70. The van der Waals surface area contributed by atoms with Crippen LogP contribution in [0.5, 0.6) is 0 Å². The van der Waals surface area contributed by atoms with E-state index in [0.717, 1.165) is 16.6 Å². The lowest BCUT2D eigenvalue weighted by Gasteiger charge is -2.19. The lowest BCUT2D eigenvalue weighted by atomic mass is 10.0. The van der Waals surface area contributed by atoms with Crippen molar-refractivity contribution in [2.24, 2.45) is 5.73 Å². The van der Waals surface area contributed by atoms with Gasteiger partial charge in [0.05, 0.1) is 23.4 Å². The predicted molar refractivity (Wildman–Crippen MR) is 96.3 cm³/mol. The molecule has 2 N–H and O–H groups in total. The second kappa shape index (κ2) is 5.94. The monoisotopic (exact) mass is 333 g/mol. The molecule has 0 fully saturated rings. The number of carbonyl (C=O) groups excluding carboxylic acids is 1. The molecular weight excluding hydrogens is 318 g/mol. The lowest BCUT2D eigenvalue weighted by Crippen LogP contribution is -2.13. The molecule has 0 saturated carbocycles. The van der Waals surface area contributed by atoms with Crippen molar-refractivity contribution in [2.75, 3.05) is 0 Å². The third kappa shape index (κ3) is 2.49. The normalized spacial score (nSPS) is 12.3. The number of benzene rings is 2. The number of carbonyl (C=O) groups is 1. The van der Waals surface area contributed by atoms with Crippen molar-refractivity contribution in [3.63, 3.8) is 0 Å². The van der Waals surface area contributed by atoms with E-state index in [1.165, 1.54) is 4.88 Å². The van der Waals surface area contributed by atoms with E-state index >= 15 is 0 Å². The number of hydrogen-bond donors (Lipinski definition) is 1. The van der Waals surface area contributed by atoms with Gasteiger partial charge in [-0.05, 0) is 41.3 Å². The van der Waals surface area contributed by atoms with Crippen molar-refractivity contribution in [2.45, 2.75) is 6.04 Å². The fourth-order valence-corrected chi connectivity index (χ4v) is 3.77. The van der Waals surface area contributed by atoms with Gasteiger partial charge in [0.25, 0.3) is 0 Å². The highest BCUT2D eigenvalue weighted by Crippen LogP contribution is 2.32. The van der Waals surface area contributed by atoms with Crippen LogP contribution < -0.4 is 5.73 Å². The maximum atomic E-state index is 11.3. The van der Waals surface area contributed by atoms with Gasteiger partial charge in [-0.2, -0.15) is 0 Å². The van der Waals surface area contributed by atoms with Gasteiger partial charge in [0.2, 0.25) is 5.91 Å². The number of fused-ring (bicyclic) bond motifs is 1. The maximum Gasteiger partial charge on any atom is 0.248 e. The number of rotatable bonds is 4. The summed E-state index contributed by atoms with van der Waals surface area (Å²) in [5, 5.41) is 2.07. The molecule has 24 heavy (non-hydrogen) atoms. The quantitative estimate of drug-likeness (QED) is 0.617. The highest BCUT2D eigenvalue weighted by atomic mass is 32.1. The second-order valence-corrected chi connectivity index (χ2v) is 6.52. The Morgan fingerprint density at radius 3 is 2.54 bits per heavy atom. The first-order valence-electron chi connectivity index (χ1n) is 7.59. The Morgan fingerprint density at radius 2 is 1.83 bits per heavy atom. The number of aromatic nitrogens is 2. The standard InChI is InChI=1S/C19H15N3OS/c20-19(23)14-9-7-13(8-10-14)18(17-6-3-11-24-17)22-12-21-15-4-1-2-5-16(15)22/h1-12,18H,(H2,20,23). The van der Waals surface area contributed by atoms with Crippen LogP contribution in [0.3, 0.4) is 0 Å². The first-order valence-corrected chi connectivity index (χ1v) is 8.47. The van der Waals surface area contributed by atoms with Crippen molar-refractivity contribution >= 4 is 28.3 Å². The third-order valence-electron chi connectivity index (χ3n) is 4.08. The molecule has 1 unspecified atom stereocenters. The van der Waals surface area contributed by atoms with E-state index in [-0.39, 0.29) is 6.04 Å². The minimum absolute atomic E-state index is 0.0133. The fraction of sp³-hybridized carbons (Fsp3) is 0.0526. The summed E-state index contributed by atoms with van der Waals surface area (Å²) in [6, 6.07) is 19.7. The molecule has 0 aliphatic carbocycles. The van der Waals surface area contributed by atoms with E-state index < -0.39 is 5.91 Å². The first-order chi connectivity index (χ1) is 11.7. The van der Waals surface area contributed by atoms with E-state index in [4.69, 9.17) is 5.73 Å².